The van der Waals surface area contributed by atoms with Gasteiger partial charge in [0, 0.05) is 12.8 Å². The third kappa shape index (κ3) is 59.8. The number of esters is 1. The molecule has 0 aromatic carbocycles. The first kappa shape index (κ1) is 72.6. The number of carbonyl (C=O) groups excluding carboxylic acids is 2. The second-order valence-corrected chi connectivity index (χ2v) is 23.5. The van der Waals surface area contributed by atoms with Gasteiger partial charge in [0.25, 0.3) is 0 Å². The molecule has 0 saturated carbocycles. The first-order valence-electron chi connectivity index (χ1n) is 33.9. The van der Waals surface area contributed by atoms with Gasteiger partial charge in [0.05, 0.1) is 25.4 Å². The summed E-state index contributed by atoms with van der Waals surface area (Å²) in [5.41, 5.74) is 0. The molecule has 0 aliphatic rings. The van der Waals surface area contributed by atoms with Gasteiger partial charge in [-0.15, -0.1) is 0 Å². The van der Waals surface area contributed by atoms with Crippen molar-refractivity contribution in [2.75, 3.05) is 13.2 Å². The highest BCUT2D eigenvalue weighted by Crippen LogP contribution is 2.19. The third-order valence-electron chi connectivity index (χ3n) is 16.1. The lowest BCUT2D eigenvalue weighted by atomic mass is 10.0. The zero-order valence-electron chi connectivity index (χ0n) is 50.4. The molecule has 440 valence electrons. The van der Waals surface area contributed by atoms with Gasteiger partial charge in [-0.1, -0.05) is 334 Å². The number of amides is 1. The van der Waals surface area contributed by atoms with Crippen LogP contribution in [0.15, 0.2) is 12.2 Å². The van der Waals surface area contributed by atoms with E-state index in [-0.39, 0.29) is 18.5 Å². The predicted octanol–water partition coefficient (Wildman–Crippen LogP) is 21.6. The lowest BCUT2D eigenvalue weighted by Crippen LogP contribution is -2.45. The Kier molecular flexibility index (Phi) is 62.9. The number of hydrogen-bond donors (Lipinski definition) is 3. The van der Waals surface area contributed by atoms with Gasteiger partial charge in [-0.3, -0.25) is 9.59 Å². The Labute approximate surface area is 463 Å². The van der Waals surface area contributed by atoms with E-state index in [4.69, 9.17) is 4.74 Å². The van der Waals surface area contributed by atoms with Crippen molar-refractivity contribution in [2.45, 2.75) is 398 Å². The molecule has 0 radical (unpaired) electrons. The average Bonchev–Trinajstić information content (AvgIpc) is 3.40. The molecule has 6 heteroatoms. The van der Waals surface area contributed by atoms with Crippen LogP contribution in [0.4, 0.5) is 0 Å². The summed E-state index contributed by atoms with van der Waals surface area (Å²) in [5.74, 6) is -0.0146. The van der Waals surface area contributed by atoms with Crippen LogP contribution < -0.4 is 5.32 Å². The summed E-state index contributed by atoms with van der Waals surface area (Å²) in [5, 5.41) is 23.4. The summed E-state index contributed by atoms with van der Waals surface area (Å²) in [4.78, 5) is 24.6. The topological polar surface area (TPSA) is 95.9 Å². The number of rotatable bonds is 64. The average molecular weight is 1040 g/mol. The largest absolute Gasteiger partial charge is 0.466 e. The van der Waals surface area contributed by atoms with Crippen molar-refractivity contribution in [3.8, 4) is 0 Å². The Hall–Kier alpha value is -1.40. The Morgan fingerprint density at radius 1 is 0.365 bits per heavy atom. The predicted molar refractivity (Wildman–Crippen MR) is 324 cm³/mol. The van der Waals surface area contributed by atoms with E-state index in [9.17, 15) is 19.8 Å². The highest BCUT2D eigenvalue weighted by Gasteiger charge is 2.20. The number of nitrogens with one attached hydrogen (secondary N) is 1. The first-order chi connectivity index (χ1) is 36.5. The monoisotopic (exact) mass is 1040 g/mol. The molecule has 6 nitrogen and oxygen atoms in total. The van der Waals surface area contributed by atoms with Gasteiger partial charge in [-0.25, -0.2) is 0 Å². The molecule has 0 aliphatic heterocycles. The van der Waals surface area contributed by atoms with Crippen LogP contribution in [-0.4, -0.2) is 47.4 Å². The van der Waals surface area contributed by atoms with Crippen LogP contribution in [0.2, 0.25) is 0 Å². The second-order valence-electron chi connectivity index (χ2n) is 23.5. The number of allylic oxidation sites excluding steroid dienone is 2. The van der Waals surface area contributed by atoms with Crippen molar-refractivity contribution in [3.63, 3.8) is 0 Å². The van der Waals surface area contributed by atoms with Crippen LogP contribution in [0.1, 0.15) is 386 Å². The molecule has 0 fully saturated rings. The molecule has 0 saturated heterocycles. The maximum absolute atomic E-state index is 12.5. The fraction of sp³-hybridized carbons (Fsp3) is 0.941. The van der Waals surface area contributed by atoms with Gasteiger partial charge in [-0.2, -0.15) is 0 Å². The minimum Gasteiger partial charge on any atom is -0.466 e. The Bertz CT molecular complexity index is 1110. The summed E-state index contributed by atoms with van der Waals surface area (Å²) in [6.45, 7) is 4.99. The van der Waals surface area contributed by atoms with E-state index in [1.165, 1.54) is 315 Å². The third-order valence-corrected chi connectivity index (χ3v) is 16.1. The van der Waals surface area contributed by atoms with E-state index in [2.05, 4.69) is 31.3 Å². The Morgan fingerprint density at radius 2 is 0.635 bits per heavy atom. The van der Waals surface area contributed by atoms with E-state index in [1.54, 1.807) is 0 Å². The number of aliphatic hydroxyl groups excluding tert-OH is 2. The molecule has 2 atom stereocenters. The molecule has 0 spiro atoms. The molecule has 74 heavy (non-hydrogen) atoms. The van der Waals surface area contributed by atoms with Crippen molar-refractivity contribution in [1.82, 2.24) is 5.32 Å². The molecule has 3 N–H and O–H groups in total. The van der Waals surface area contributed by atoms with Crippen LogP contribution in [0.25, 0.3) is 0 Å². The second kappa shape index (κ2) is 64.1. The summed E-state index contributed by atoms with van der Waals surface area (Å²) in [6.07, 6.45) is 78.2. The zero-order chi connectivity index (χ0) is 53.6. The van der Waals surface area contributed by atoms with Gasteiger partial charge in [0.2, 0.25) is 5.91 Å². The van der Waals surface area contributed by atoms with Gasteiger partial charge < -0.3 is 20.3 Å². The zero-order valence-corrected chi connectivity index (χ0v) is 50.4. The van der Waals surface area contributed by atoms with Gasteiger partial charge in [-0.05, 0) is 51.4 Å². The van der Waals surface area contributed by atoms with Crippen LogP contribution in [0, 0.1) is 0 Å². The summed E-state index contributed by atoms with van der Waals surface area (Å²) >= 11 is 0. The maximum Gasteiger partial charge on any atom is 0.305 e. The molecular formula is C68H133NO5. The smallest absolute Gasteiger partial charge is 0.305 e. The minimum atomic E-state index is -0.664. The van der Waals surface area contributed by atoms with Crippen molar-refractivity contribution >= 4 is 11.9 Å². The summed E-state index contributed by atoms with van der Waals surface area (Å²) < 4.78 is 5.49. The molecule has 2 unspecified atom stereocenters. The molecular weight excluding hydrogens is 911 g/mol. The van der Waals surface area contributed by atoms with Crippen LogP contribution in [0.5, 0.6) is 0 Å². The number of unbranched alkanes of at least 4 members (excludes halogenated alkanes) is 51. The number of aliphatic hydroxyl groups is 2. The van der Waals surface area contributed by atoms with Crippen LogP contribution in [0.3, 0.4) is 0 Å². The summed E-state index contributed by atoms with van der Waals surface area (Å²) in [7, 11) is 0. The number of ether oxygens (including phenoxy) is 1. The Morgan fingerprint density at radius 3 is 0.959 bits per heavy atom. The van der Waals surface area contributed by atoms with Crippen LogP contribution in [-0.2, 0) is 14.3 Å². The normalized spacial score (nSPS) is 12.5. The van der Waals surface area contributed by atoms with E-state index in [1.807, 2.05) is 0 Å². The lowest BCUT2D eigenvalue weighted by Gasteiger charge is -2.22. The van der Waals surface area contributed by atoms with Crippen molar-refractivity contribution in [2.24, 2.45) is 0 Å². The lowest BCUT2D eigenvalue weighted by molar-refractivity contribution is -0.143. The van der Waals surface area contributed by atoms with Crippen molar-refractivity contribution in [1.29, 1.82) is 0 Å². The molecule has 0 bridgehead atoms. The first-order valence-corrected chi connectivity index (χ1v) is 33.9. The Balaban J connectivity index is 3.37. The van der Waals surface area contributed by atoms with E-state index < -0.39 is 12.1 Å². The standard InChI is InChI=1S/C68H133NO5/c1-3-5-7-9-11-13-15-17-18-30-33-37-40-44-48-52-56-60-66(71)65(64-70)69-67(72)61-57-53-49-45-41-38-34-31-28-26-24-22-20-19-21-23-25-27-29-32-35-39-43-47-51-55-59-63-74-68(73)62-58-54-50-46-42-36-16-14-12-10-8-6-4-2/h19-20,65-66,70-71H,3-18,21-64H2,1-2H3,(H,69,72)/b20-19-. The van der Waals surface area contributed by atoms with E-state index >= 15 is 0 Å². The van der Waals surface area contributed by atoms with E-state index in [0.717, 1.165) is 38.5 Å². The van der Waals surface area contributed by atoms with E-state index in [0.29, 0.717) is 25.9 Å². The van der Waals surface area contributed by atoms with Crippen LogP contribution >= 0.6 is 0 Å². The molecule has 0 rings (SSSR count). The number of carbonyl (C=O) groups is 2. The minimum absolute atomic E-state index is 0.0175. The molecule has 0 aromatic rings. The number of hydrogen-bond acceptors (Lipinski definition) is 5. The molecule has 0 aromatic heterocycles. The maximum atomic E-state index is 12.5. The molecule has 1 amide bonds. The van der Waals surface area contributed by atoms with Crippen molar-refractivity contribution < 1.29 is 24.5 Å². The highest BCUT2D eigenvalue weighted by molar-refractivity contribution is 5.76. The van der Waals surface area contributed by atoms with Gasteiger partial charge in [0.1, 0.15) is 0 Å². The van der Waals surface area contributed by atoms with Crippen molar-refractivity contribution in [3.05, 3.63) is 12.2 Å². The molecule has 0 heterocycles. The highest BCUT2D eigenvalue weighted by atomic mass is 16.5. The fourth-order valence-electron chi connectivity index (χ4n) is 10.9. The quantitative estimate of drug-likeness (QED) is 0.0320. The fourth-order valence-corrected chi connectivity index (χ4v) is 10.9. The van der Waals surface area contributed by atoms with Gasteiger partial charge >= 0.3 is 5.97 Å². The summed E-state index contributed by atoms with van der Waals surface area (Å²) in [6, 6.07) is -0.541. The van der Waals surface area contributed by atoms with Gasteiger partial charge in [0.15, 0.2) is 0 Å². The SMILES string of the molecule is CCCCCCCCCCCCCCCCCCCC(O)C(CO)NC(=O)CCCCCCCCCCCCC/C=C\CCCCCCCCCCCCCCOC(=O)CCCCCCCCCCCCCCC. The molecule has 0 aliphatic carbocycles.